The van der Waals surface area contributed by atoms with Gasteiger partial charge in [-0.25, -0.2) is 4.98 Å². The van der Waals surface area contributed by atoms with Gasteiger partial charge in [-0.3, -0.25) is 4.90 Å². The smallest absolute Gasteiger partial charge is 0.137 e. The van der Waals surface area contributed by atoms with Crippen molar-refractivity contribution in [1.29, 1.82) is 0 Å². The van der Waals surface area contributed by atoms with Crippen LogP contribution in [0.1, 0.15) is 31.4 Å². The van der Waals surface area contributed by atoms with Gasteiger partial charge in [0.1, 0.15) is 5.65 Å². The highest BCUT2D eigenvalue weighted by atomic mass is 35.5. The van der Waals surface area contributed by atoms with Crippen LogP contribution in [0, 0.1) is 0 Å². The van der Waals surface area contributed by atoms with Gasteiger partial charge in [0, 0.05) is 31.0 Å². The summed E-state index contributed by atoms with van der Waals surface area (Å²) in [5, 5.41) is 4.41. The lowest BCUT2D eigenvalue weighted by atomic mass is 10.0. The summed E-state index contributed by atoms with van der Waals surface area (Å²) in [4.78, 5) is 7.32. The van der Waals surface area contributed by atoms with E-state index < -0.39 is 0 Å². The summed E-state index contributed by atoms with van der Waals surface area (Å²) in [6.07, 6.45) is 9.30. The summed E-state index contributed by atoms with van der Waals surface area (Å²) in [6, 6.07) is 5.24. The van der Waals surface area contributed by atoms with Crippen molar-refractivity contribution in [2.45, 2.75) is 44.3 Å². The molecule has 0 saturated carbocycles. The highest BCUT2D eigenvalue weighted by molar-refractivity contribution is 6.30. The molecule has 2 saturated heterocycles. The van der Waals surface area contributed by atoms with Gasteiger partial charge < -0.3 is 9.72 Å². The second-order valence-corrected chi connectivity index (χ2v) is 6.66. The minimum Gasteiger partial charge on any atom is -0.312 e. The molecule has 0 bridgehead atoms. The van der Waals surface area contributed by atoms with Crippen LogP contribution in [0.5, 0.6) is 0 Å². The van der Waals surface area contributed by atoms with Crippen LogP contribution in [0.25, 0.3) is 5.65 Å². The maximum absolute atomic E-state index is 6.04. The van der Waals surface area contributed by atoms with E-state index in [4.69, 9.17) is 16.6 Å². The number of aromatic nitrogens is 2. The average Bonchev–Trinajstić information content (AvgIpc) is 3.16. The fourth-order valence-corrected chi connectivity index (χ4v) is 4.01. The van der Waals surface area contributed by atoms with Crippen LogP contribution in [-0.2, 0) is 6.54 Å². The molecule has 5 heteroatoms. The van der Waals surface area contributed by atoms with Crippen LogP contribution in [0.3, 0.4) is 0 Å². The van der Waals surface area contributed by atoms with Crippen LogP contribution in [0.15, 0.2) is 24.5 Å². The molecule has 0 spiro atoms. The van der Waals surface area contributed by atoms with E-state index in [-0.39, 0.29) is 0 Å². The Labute approximate surface area is 130 Å². The summed E-state index contributed by atoms with van der Waals surface area (Å²) in [5.41, 5.74) is 2.12. The number of imidazole rings is 1. The third-order valence-electron chi connectivity index (χ3n) is 4.81. The lowest BCUT2D eigenvalue weighted by molar-refractivity contribution is 0.205. The van der Waals surface area contributed by atoms with Crippen LogP contribution in [0.4, 0.5) is 0 Å². The molecule has 112 valence electrons. The quantitative estimate of drug-likeness (QED) is 0.946. The second-order valence-electron chi connectivity index (χ2n) is 6.23. The van der Waals surface area contributed by atoms with Gasteiger partial charge in [-0.2, -0.15) is 0 Å². The summed E-state index contributed by atoms with van der Waals surface area (Å²) in [5.74, 6) is 0. The van der Waals surface area contributed by atoms with Crippen LogP contribution < -0.4 is 5.32 Å². The molecule has 2 unspecified atom stereocenters. The Hall–Kier alpha value is -1.10. The standard InChI is InChI=1S/C16H21ClN4/c17-12-5-6-16-19-13(11-21(16)9-12)10-20-8-2-4-15(20)14-3-1-7-18-14/h5-6,9,11,14-15,18H,1-4,7-8,10H2. The number of likely N-dealkylation sites (tertiary alicyclic amines) is 1. The average molecular weight is 305 g/mol. The Bertz CT molecular complexity index is 632. The largest absolute Gasteiger partial charge is 0.312 e. The van der Waals surface area contributed by atoms with E-state index in [1.165, 1.54) is 38.8 Å². The van der Waals surface area contributed by atoms with Crippen molar-refractivity contribution in [3.63, 3.8) is 0 Å². The lowest BCUT2D eigenvalue weighted by Crippen LogP contribution is -2.43. The number of fused-ring (bicyclic) bond motifs is 1. The Morgan fingerprint density at radius 3 is 3.05 bits per heavy atom. The van der Waals surface area contributed by atoms with E-state index >= 15 is 0 Å². The molecular formula is C16H21ClN4. The summed E-state index contributed by atoms with van der Waals surface area (Å²) < 4.78 is 2.02. The Balaban J connectivity index is 1.53. The zero-order valence-corrected chi connectivity index (χ0v) is 12.9. The molecule has 2 aromatic rings. The van der Waals surface area contributed by atoms with Crippen molar-refractivity contribution in [2.24, 2.45) is 0 Å². The first-order chi connectivity index (χ1) is 10.3. The third-order valence-corrected chi connectivity index (χ3v) is 5.03. The van der Waals surface area contributed by atoms with E-state index in [2.05, 4.69) is 16.4 Å². The van der Waals surface area contributed by atoms with Crippen molar-refractivity contribution in [1.82, 2.24) is 19.6 Å². The minimum atomic E-state index is 0.680. The third kappa shape index (κ3) is 2.68. The van der Waals surface area contributed by atoms with Crippen LogP contribution in [-0.4, -0.2) is 39.5 Å². The molecule has 2 aromatic heterocycles. The van der Waals surface area contributed by atoms with E-state index in [1.807, 2.05) is 22.7 Å². The van der Waals surface area contributed by atoms with Crippen molar-refractivity contribution in [2.75, 3.05) is 13.1 Å². The van der Waals surface area contributed by atoms with Gasteiger partial charge in [0.25, 0.3) is 0 Å². The predicted molar refractivity (Wildman–Crippen MR) is 84.7 cm³/mol. The van der Waals surface area contributed by atoms with Gasteiger partial charge in [0.2, 0.25) is 0 Å². The van der Waals surface area contributed by atoms with Gasteiger partial charge in [-0.05, 0) is 50.9 Å². The SMILES string of the molecule is Clc1ccc2nc(CN3CCCC3C3CCCN3)cn2c1. The lowest BCUT2D eigenvalue weighted by Gasteiger charge is -2.28. The number of halogens is 1. The number of hydrogen-bond acceptors (Lipinski definition) is 3. The molecule has 2 fully saturated rings. The predicted octanol–water partition coefficient (Wildman–Crippen LogP) is 2.70. The molecule has 4 rings (SSSR count). The first-order valence-electron chi connectivity index (χ1n) is 7.90. The number of rotatable bonds is 3. The first-order valence-corrected chi connectivity index (χ1v) is 8.28. The summed E-state index contributed by atoms with van der Waals surface area (Å²) >= 11 is 6.04. The molecule has 1 N–H and O–H groups in total. The van der Waals surface area contributed by atoms with Gasteiger partial charge in [-0.1, -0.05) is 11.6 Å². The normalized spacial score (nSPS) is 26.9. The molecule has 2 aliphatic rings. The van der Waals surface area contributed by atoms with Crippen molar-refractivity contribution in [3.8, 4) is 0 Å². The topological polar surface area (TPSA) is 32.6 Å². The molecule has 0 aromatic carbocycles. The Morgan fingerprint density at radius 2 is 2.19 bits per heavy atom. The molecule has 0 amide bonds. The molecule has 0 radical (unpaired) electrons. The molecule has 2 aliphatic heterocycles. The number of pyridine rings is 1. The summed E-state index contributed by atoms with van der Waals surface area (Å²) in [6.45, 7) is 3.32. The van der Waals surface area contributed by atoms with Crippen LogP contribution in [0.2, 0.25) is 5.02 Å². The molecule has 2 atom stereocenters. The highest BCUT2D eigenvalue weighted by Gasteiger charge is 2.33. The minimum absolute atomic E-state index is 0.680. The van der Waals surface area contributed by atoms with Crippen molar-refractivity contribution >= 4 is 17.2 Å². The number of nitrogens with one attached hydrogen (secondary N) is 1. The highest BCUT2D eigenvalue weighted by Crippen LogP contribution is 2.26. The Kier molecular flexibility index (Phi) is 3.61. The maximum Gasteiger partial charge on any atom is 0.137 e. The fraction of sp³-hybridized carbons (Fsp3) is 0.562. The van der Waals surface area contributed by atoms with Gasteiger partial charge in [-0.15, -0.1) is 0 Å². The molecule has 0 aliphatic carbocycles. The van der Waals surface area contributed by atoms with E-state index in [1.54, 1.807) is 0 Å². The van der Waals surface area contributed by atoms with E-state index in [0.717, 1.165) is 22.9 Å². The molecule has 4 nitrogen and oxygen atoms in total. The number of nitrogens with zero attached hydrogens (tertiary/aromatic N) is 3. The molecular weight excluding hydrogens is 284 g/mol. The fourth-order valence-electron chi connectivity index (χ4n) is 3.85. The zero-order chi connectivity index (χ0) is 14.2. The second kappa shape index (κ2) is 5.59. The Morgan fingerprint density at radius 1 is 1.24 bits per heavy atom. The molecule has 4 heterocycles. The summed E-state index contributed by atoms with van der Waals surface area (Å²) in [7, 11) is 0. The van der Waals surface area contributed by atoms with Crippen molar-refractivity contribution in [3.05, 3.63) is 35.2 Å². The van der Waals surface area contributed by atoms with E-state index in [0.29, 0.717) is 12.1 Å². The van der Waals surface area contributed by atoms with Gasteiger partial charge in [0.15, 0.2) is 0 Å². The van der Waals surface area contributed by atoms with Crippen LogP contribution >= 0.6 is 11.6 Å². The van der Waals surface area contributed by atoms with E-state index in [9.17, 15) is 0 Å². The molecule has 21 heavy (non-hydrogen) atoms. The first kappa shape index (κ1) is 13.6. The number of hydrogen-bond donors (Lipinski definition) is 1. The van der Waals surface area contributed by atoms with Gasteiger partial charge in [0.05, 0.1) is 10.7 Å². The monoisotopic (exact) mass is 304 g/mol. The maximum atomic E-state index is 6.04. The zero-order valence-electron chi connectivity index (χ0n) is 12.1. The van der Waals surface area contributed by atoms with Crippen molar-refractivity contribution < 1.29 is 0 Å². The van der Waals surface area contributed by atoms with Gasteiger partial charge >= 0.3 is 0 Å².